The summed E-state index contributed by atoms with van der Waals surface area (Å²) in [6, 6.07) is 0.113. The first-order valence-corrected chi connectivity index (χ1v) is 6.54. The number of amides is 1. The van der Waals surface area contributed by atoms with Crippen molar-refractivity contribution < 1.29 is 4.79 Å². The van der Waals surface area contributed by atoms with Gasteiger partial charge in [0.25, 0.3) is 5.91 Å². The second-order valence-corrected chi connectivity index (χ2v) is 5.63. The largest absolute Gasteiger partial charge is 0.383 e. The number of carbonyl (C=O) groups excluding carboxylic acids is 1. The molecule has 0 aliphatic carbocycles. The Labute approximate surface area is 114 Å². The molecule has 108 valence electrons. The molecule has 1 amide bonds. The van der Waals surface area contributed by atoms with E-state index in [0.29, 0.717) is 17.3 Å². The van der Waals surface area contributed by atoms with E-state index >= 15 is 0 Å². The number of carbonyl (C=O) groups is 1. The van der Waals surface area contributed by atoms with Crippen LogP contribution in [-0.4, -0.2) is 47.3 Å². The lowest BCUT2D eigenvalue weighted by molar-refractivity contribution is 0.0925. The van der Waals surface area contributed by atoms with Crippen LogP contribution in [-0.2, 0) is 7.05 Å². The predicted octanol–water partition coefficient (Wildman–Crippen LogP) is 0.708. The number of aromatic nitrogens is 2. The molecule has 1 unspecified atom stereocenters. The third-order valence-corrected chi connectivity index (χ3v) is 2.91. The van der Waals surface area contributed by atoms with Crippen molar-refractivity contribution in [3.8, 4) is 0 Å². The number of anilines is 1. The summed E-state index contributed by atoms with van der Waals surface area (Å²) < 4.78 is 1.50. The van der Waals surface area contributed by atoms with E-state index in [1.54, 1.807) is 7.05 Å². The topological polar surface area (TPSA) is 76.2 Å². The smallest absolute Gasteiger partial charge is 0.256 e. The molecule has 0 saturated heterocycles. The maximum atomic E-state index is 12.2. The van der Waals surface area contributed by atoms with Crippen LogP contribution in [0.15, 0.2) is 6.20 Å². The summed E-state index contributed by atoms with van der Waals surface area (Å²) in [6.07, 6.45) is 2.44. The zero-order valence-corrected chi connectivity index (χ0v) is 12.5. The van der Waals surface area contributed by atoms with Crippen molar-refractivity contribution in [2.24, 2.45) is 13.0 Å². The van der Waals surface area contributed by atoms with Gasteiger partial charge in [-0.2, -0.15) is 5.10 Å². The first-order chi connectivity index (χ1) is 8.81. The highest BCUT2D eigenvalue weighted by Gasteiger charge is 2.19. The lowest BCUT2D eigenvalue weighted by Gasteiger charge is -2.23. The lowest BCUT2D eigenvalue weighted by Crippen LogP contribution is -2.42. The van der Waals surface area contributed by atoms with Gasteiger partial charge in [0.15, 0.2) is 0 Å². The van der Waals surface area contributed by atoms with Crippen LogP contribution in [0.3, 0.4) is 0 Å². The van der Waals surface area contributed by atoms with E-state index < -0.39 is 0 Å². The van der Waals surface area contributed by atoms with Gasteiger partial charge in [0.1, 0.15) is 11.4 Å². The number of hydrogen-bond donors (Lipinski definition) is 2. The van der Waals surface area contributed by atoms with Crippen LogP contribution in [0.4, 0.5) is 5.82 Å². The molecule has 6 nitrogen and oxygen atoms in total. The van der Waals surface area contributed by atoms with Crippen molar-refractivity contribution in [1.82, 2.24) is 20.0 Å². The highest BCUT2D eigenvalue weighted by atomic mass is 16.1. The van der Waals surface area contributed by atoms with Crippen LogP contribution in [0.5, 0.6) is 0 Å². The van der Waals surface area contributed by atoms with Gasteiger partial charge in [-0.15, -0.1) is 0 Å². The van der Waals surface area contributed by atoms with Gasteiger partial charge < -0.3 is 16.0 Å². The molecule has 0 aromatic carbocycles. The number of nitrogens with zero attached hydrogens (tertiary/aromatic N) is 3. The Kier molecular flexibility index (Phi) is 5.35. The van der Waals surface area contributed by atoms with E-state index in [1.807, 2.05) is 14.1 Å². The number of hydrogen-bond acceptors (Lipinski definition) is 4. The van der Waals surface area contributed by atoms with Crippen molar-refractivity contribution in [1.29, 1.82) is 0 Å². The number of nitrogens with one attached hydrogen (secondary N) is 1. The van der Waals surface area contributed by atoms with Crippen molar-refractivity contribution in [3.05, 3.63) is 11.8 Å². The molecule has 0 aliphatic rings. The molecule has 0 saturated carbocycles. The Bertz CT molecular complexity index is 415. The molecule has 0 aliphatic heterocycles. The fraction of sp³-hybridized carbons (Fsp3) is 0.692. The molecule has 0 radical (unpaired) electrons. The lowest BCUT2D eigenvalue weighted by atomic mass is 10.0. The SMILES string of the molecule is CC(C)CC(CN(C)C)NC(=O)c1cnn(C)c1N. The van der Waals surface area contributed by atoms with Crippen molar-refractivity contribution >= 4 is 11.7 Å². The number of nitrogens with two attached hydrogens (primary N) is 1. The highest BCUT2D eigenvalue weighted by Crippen LogP contribution is 2.11. The first kappa shape index (κ1) is 15.5. The Hall–Kier alpha value is -1.56. The minimum atomic E-state index is -0.155. The summed E-state index contributed by atoms with van der Waals surface area (Å²) in [5, 5.41) is 7.02. The van der Waals surface area contributed by atoms with E-state index in [9.17, 15) is 4.79 Å². The molecule has 0 fully saturated rings. The first-order valence-electron chi connectivity index (χ1n) is 6.54. The summed E-state index contributed by atoms with van der Waals surface area (Å²) in [5.41, 5.74) is 6.25. The van der Waals surface area contributed by atoms with Gasteiger partial charge in [0.05, 0.1) is 6.20 Å². The highest BCUT2D eigenvalue weighted by molar-refractivity contribution is 5.98. The third-order valence-electron chi connectivity index (χ3n) is 2.91. The quantitative estimate of drug-likeness (QED) is 0.796. The molecule has 6 heteroatoms. The van der Waals surface area contributed by atoms with Gasteiger partial charge in [-0.05, 0) is 26.4 Å². The van der Waals surface area contributed by atoms with Gasteiger partial charge in [0.2, 0.25) is 0 Å². The molecular formula is C13H25N5O. The fourth-order valence-electron chi connectivity index (χ4n) is 2.07. The zero-order chi connectivity index (χ0) is 14.6. The number of aryl methyl sites for hydroxylation is 1. The van der Waals surface area contributed by atoms with E-state index in [0.717, 1.165) is 13.0 Å². The number of rotatable bonds is 6. The number of nitrogen functional groups attached to an aromatic ring is 1. The molecule has 1 rings (SSSR count). The minimum Gasteiger partial charge on any atom is -0.383 e. The van der Waals surface area contributed by atoms with E-state index in [4.69, 9.17) is 5.73 Å². The van der Waals surface area contributed by atoms with E-state index in [-0.39, 0.29) is 11.9 Å². The molecular weight excluding hydrogens is 242 g/mol. The van der Waals surface area contributed by atoms with Crippen LogP contribution in [0.2, 0.25) is 0 Å². The standard InChI is InChI=1S/C13H25N5O/c1-9(2)6-10(8-17(3)4)16-13(19)11-7-15-18(5)12(11)14/h7,9-10H,6,8,14H2,1-5H3,(H,16,19). The van der Waals surface area contributed by atoms with E-state index in [1.165, 1.54) is 10.9 Å². The Morgan fingerprint density at radius 2 is 2.16 bits per heavy atom. The van der Waals surface area contributed by atoms with E-state index in [2.05, 4.69) is 29.2 Å². The maximum absolute atomic E-state index is 12.2. The second-order valence-electron chi connectivity index (χ2n) is 5.63. The van der Waals surface area contributed by atoms with Gasteiger partial charge in [-0.1, -0.05) is 13.8 Å². The molecule has 3 N–H and O–H groups in total. The van der Waals surface area contributed by atoms with Crippen LogP contribution in [0.25, 0.3) is 0 Å². The van der Waals surface area contributed by atoms with Gasteiger partial charge >= 0.3 is 0 Å². The van der Waals surface area contributed by atoms with Gasteiger partial charge in [-0.3, -0.25) is 9.48 Å². The maximum Gasteiger partial charge on any atom is 0.256 e. The van der Waals surface area contributed by atoms with Gasteiger partial charge in [0, 0.05) is 19.6 Å². The minimum absolute atomic E-state index is 0.113. The van der Waals surface area contributed by atoms with Crippen molar-refractivity contribution in [3.63, 3.8) is 0 Å². The Balaban J connectivity index is 2.72. The normalized spacial score (nSPS) is 13.0. The Morgan fingerprint density at radius 3 is 2.58 bits per heavy atom. The molecule has 0 bridgehead atoms. The molecule has 1 atom stereocenters. The summed E-state index contributed by atoms with van der Waals surface area (Å²) in [6.45, 7) is 5.10. The van der Waals surface area contributed by atoms with Crippen molar-refractivity contribution in [2.45, 2.75) is 26.3 Å². The molecule has 0 spiro atoms. The summed E-state index contributed by atoms with van der Waals surface area (Å²) in [4.78, 5) is 14.3. The average molecular weight is 267 g/mol. The third kappa shape index (κ3) is 4.55. The van der Waals surface area contributed by atoms with Crippen molar-refractivity contribution in [2.75, 3.05) is 26.4 Å². The number of likely N-dealkylation sites (N-methyl/N-ethyl adjacent to an activating group) is 1. The predicted molar refractivity (Wildman–Crippen MR) is 76.9 cm³/mol. The van der Waals surface area contributed by atoms with Crippen LogP contribution in [0.1, 0.15) is 30.6 Å². The summed E-state index contributed by atoms with van der Waals surface area (Å²) >= 11 is 0. The van der Waals surface area contributed by atoms with Crippen LogP contribution >= 0.6 is 0 Å². The summed E-state index contributed by atoms with van der Waals surface area (Å²) in [7, 11) is 5.72. The molecule has 1 aromatic rings. The summed E-state index contributed by atoms with van der Waals surface area (Å²) in [5.74, 6) is 0.764. The average Bonchev–Trinajstić information content (AvgIpc) is 2.57. The Morgan fingerprint density at radius 1 is 1.53 bits per heavy atom. The fourth-order valence-corrected chi connectivity index (χ4v) is 2.07. The molecule has 19 heavy (non-hydrogen) atoms. The zero-order valence-electron chi connectivity index (χ0n) is 12.5. The molecule has 1 aromatic heterocycles. The van der Waals surface area contributed by atoms with Crippen LogP contribution in [0, 0.1) is 5.92 Å². The van der Waals surface area contributed by atoms with Gasteiger partial charge in [-0.25, -0.2) is 0 Å². The van der Waals surface area contributed by atoms with Crippen LogP contribution < -0.4 is 11.1 Å². The monoisotopic (exact) mass is 267 g/mol. The molecule has 1 heterocycles. The second kappa shape index (κ2) is 6.56.